The Bertz CT molecular complexity index is 653. The molecule has 0 saturated heterocycles. The number of benzene rings is 2. The van der Waals surface area contributed by atoms with Crippen LogP contribution in [0.4, 0.5) is 0 Å². The van der Waals surface area contributed by atoms with Crippen LogP contribution in [-0.2, 0) is 6.42 Å². The zero-order valence-corrected chi connectivity index (χ0v) is 16.3. The first-order valence-electron chi connectivity index (χ1n) is 6.72. The van der Waals surface area contributed by atoms with Gasteiger partial charge in [-0.2, -0.15) is 0 Å². The van der Waals surface area contributed by atoms with Crippen molar-refractivity contribution in [3.63, 3.8) is 0 Å². The maximum atomic E-state index is 9.57. The molecule has 0 saturated carbocycles. The largest absolute Gasteiger partial charge is 0.508 e. The molecule has 0 aromatic heterocycles. The summed E-state index contributed by atoms with van der Waals surface area (Å²) >= 11 is 4.46. The lowest BCUT2D eigenvalue weighted by Gasteiger charge is -2.14. The summed E-state index contributed by atoms with van der Waals surface area (Å²) in [6.45, 7) is 1.80. The third kappa shape index (κ3) is 4.46. The van der Waals surface area contributed by atoms with E-state index in [2.05, 4.69) is 45.2 Å². The minimum Gasteiger partial charge on any atom is -0.508 e. The number of ether oxygens (including phenoxy) is 1. The van der Waals surface area contributed by atoms with Crippen LogP contribution in [0.15, 0.2) is 30.3 Å². The fourth-order valence-corrected chi connectivity index (χ4v) is 4.12. The highest BCUT2D eigenvalue weighted by Gasteiger charge is 2.12. The Kier molecular flexibility index (Phi) is 6.30. The van der Waals surface area contributed by atoms with Crippen molar-refractivity contribution in [1.29, 1.82) is 0 Å². The molecule has 0 heterocycles. The van der Waals surface area contributed by atoms with Gasteiger partial charge in [-0.05, 0) is 100.0 Å². The number of hydrogen-bond acceptors (Lipinski definition) is 4. The van der Waals surface area contributed by atoms with Gasteiger partial charge < -0.3 is 20.7 Å². The molecule has 4 nitrogen and oxygen atoms in total. The van der Waals surface area contributed by atoms with Crippen LogP contribution in [0.3, 0.4) is 0 Å². The summed E-state index contributed by atoms with van der Waals surface area (Å²) in [5.74, 6) is 1.73. The molecule has 0 spiro atoms. The summed E-state index contributed by atoms with van der Waals surface area (Å²) in [6, 6.07) is 8.94. The minimum absolute atomic E-state index is 0.0296. The molecule has 4 N–H and O–H groups in total. The second-order valence-electron chi connectivity index (χ2n) is 5.09. The predicted molar refractivity (Wildman–Crippen MR) is 104 cm³/mol. The van der Waals surface area contributed by atoms with E-state index >= 15 is 0 Å². The van der Waals surface area contributed by atoms with Crippen LogP contribution < -0.4 is 10.5 Å². The van der Waals surface area contributed by atoms with Crippen molar-refractivity contribution >= 4 is 45.2 Å². The number of aliphatic hydroxyl groups excluding tert-OH is 1. The molecule has 2 rings (SSSR count). The van der Waals surface area contributed by atoms with E-state index in [0.717, 1.165) is 24.0 Å². The molecule has 0 aliphatic rings. The topological polar surface area (TPSA) is 75.7 Å². The van der Waals surface area contributed by atoms with E-state index in [1.54, 1.807) is 18.2 Å². The van der Waals surface area contributed by atoms with Gasteiger partial charge >= 0.3 is 0 Å². The van der Waals surface area contributed by atoms with Crippen molar-refractivity contribution in [1.82, 2.24) is 0 Å². The lowest BCUT2D eigenvalue weighted by molar-refractivity contribution is 0.265. The summed E-state index contributed by atoms with van der Waals surface area (Å²) in [7, 11) is 0. The molecule has 6 heteroatoms. The summed E-state index contributed by atoms with van der Waals surface area (Å²) in [4.78, 5) is 0. The standard InChI is InChI=1S/C16H17I2NO3/c1-9-4-12(2-3-15(9)21)22-16-13(17)6-10(7-14(16)18)5-11(19)8-20/h2-4,6-7,11,20-21H,5,8,19H2,1H3/t11-/m0/s1. The minimum atomic E-state index is -0.252. The molecule has 0 bridgehead atoms. The molecule has 0 aliphatic carbocycles. The highest BCUT2D eigenvalue weighted by molar-refractivity contribution is 14.1. The smallest absolute Gasteiger partial charge is 0.154 e. The van der Waals surface area contributed by atoms with Gasteiger partial charge in [0.05, 0.1) is 13.7 Å². The number of phenols is 1. The molecular formula is C16H17I2NO3. The van der Waals surface area contributed by atoms with E-state index in [9.17, 15) is 5.11 Å². The first-order chi connectivity index (χ1) is 10.4. The van der Waals surface area contributed by atoms with E-state index in [4.69, 9.17) is 15.6 Å². The Balaban J connectivity index is 2.26. The summed E-state index contributed by atoms with van der Waals surface area (Å²) < 4.78 is 7.92. The van der Waals surface area contributed by atoms with Gasteiger partial charge in [-0.1, -0.05) is 0 Å². The molecule has 118 valence electrons. The van der Waals surface area contributed by atoms with Crippen molar-refractivity contribution in [3.8, 4) is 17.2 Å². The third-order valence-electron chi connectivity index (χ3n) is 3.18. The maximum absolute atomic E-state index is 9.57. The van der Waals surface area contributed by atoms with Crippen molar-refractivity contribution in [3.05, 3.63) is 48.6 Å². The van der Waals surface area contributed by atoms with Gasteiger partial charge in [0.1, 0.15) is 11.5 Å². The highest BCUT2D eigenvalue weighted by atomic mass is 127. The van der Waals surface area contributed by atoms with Crippen LogP contribution in [0.5, 0.6) is 17.2 Å². The van der Waals surface area contributed by atoms with Gasteiger partial charge in [-0.15, -0.1) is 0 Å². The first-order valence-corrected chi connectivity index (χ1v) is 8.88. The van der Waals surface area contributed by atoms with Crippen molar-refractivity contribution < 1.29 is 14.9 Å². The number of aryl methyl sites for hydroxylation is 1. The van der Waals surface area contributed by atoms with Crippen molar-refractivity contribution in [2.45, 2.75) is 19.4 Å². The van der Waals surface area contributed by atoms with Crippen molar-refractivity contribution in [2.24, 2.45) is 5.73 Å². The molecule has 1 atom stereocenters. The molecule has 0 radical (unpaired) electrons. The maximum Gasteiger partial charge on any atom is 0.154 e. The average Bonchev–Trinajstić information content (AvgIpc) is 2.46. The lowest BCUT2D eigenvalue weighted by atomic mass is 10.1. The number of halogens is 2. The van der Waals surface area contributed by atoms with Crippen LogP contribution in [0.1, 0.15) is 11.1 Å². The summed E-state index contributed by atoms with van der Waals surface area (Å²) in [5.41, 5.74) is 7.63. The third-order valence-corrected chi connectivity index (χ3v) is 4.78. The predicted octanol–water partition coefficient (Wildman–Crippen LogP) is 3.56. The molecule has 0 aliphatic heterocycles. The lowest BCUT2D eigenvalue weighted by Crippen LogP contribution is -2.26. The fraction of sp³-hybridized carbons (Fsp3) is 0.250. The highest BCUT2D eigenvalue weighted by Crippen LogP contribution is 2.34. The Hall–Kier alpha value is -0.580. The zero-order chi connectivity index (χ0) is 16.3. The van der Waals surface area contributed by atoms with Crippen LogP contribution in [0, 0.1) is 14.1 Å². The number of aliphatic hydroxyl groups is 1. The normalized spacial score (nSPS) is 12.2. The second-order valence-corrected chi connectivity index (χ2v) is 7.41. The fourth-order valence-electron chi connectivity index (χ4n) is 2.00. The van der Waals surface area contributed by atoms with E-state index in [0.29, 0.717) is 12.2 Å². The molecule has 2 aromatic carbocycles. The average molecular weight is 525 g/mol. The number of aromatic hydroxyl groups is 1. The quantitative estimate of drug-likeness (QED) is 0.523. The molecule has 0 amide bonds. The Morgan fingerprint density at radius 3 is 2.36 bits per heavy atom. The van der Waals surface area contributed by atoms with Gasteiger partial charge in [0.2, 0.25) is 0 Å². The van der Waals surface area contributed by atoms with E-state index in [1.807, 2.05) is 19.1 Å². The Labute approximate surface area is 157 Å². The van der Waals surface area contributed by atoms with E-state index in [1.165, 1.54) is 0 Å². The summed E-state index contributed by atoms with van der Waals surface area (Å²) in [5, 5.41) is 18.6. The monoisotopic (exact) mass is 525 g/mol. The van der Waals surface area contributed by atoms with Gasteiger partial charge in [0, 0.05) is 6.04 Å². The summed E-state index contributed by atoms with van der Waals surface area (Å²) in [6.07, 6.45) is 0.626. The Morgan fingerprint density at radius 2 is 1.82 bits per heavy atom. The second kappa shape index (κ2) is 7.80. The molecular weight excluding hydrogens is 508 g/mol. The van der Waals surface area contributed by atoms with Crippen LogP contribution in [-0.4, -0.2) is 22.9 Å². The van der Waals surface area contributed by atoms with Gasteiger partial charge in [0.15, 0.2) is 5.75 Å². The Morgan fingerprint density at radius 1 is 1.18 bits per heavy atom. The zero-order valence-electron chi connectivity index (χ0n) is 12.0. The van der Waals surface area contributed by atoms with Crippen molar-refractivity contribution in [2.75, 3.05) is 6.61 Å². The SMILES string of the molecule is Cc1cc(Oc2c(I)cc(C[C@H](N)CO)cc2I)ccc1O. The van der Waals surface area contributed by atoms with Gasteiger partial charge in [-0.3, -0.25) is 0 Å². The van der Waals surface area contributed by atoms with E-state index in [-0.39, 0.29) is 18.4 Å². The van der Waals surface area contributed by atoms with Crippen LogP contribution in [0.25, 0.3) is 0 Å². The first kappa shape index (κ1) is 17.8. The molecule has 0 fully saturated rings. The number of hydrogen-bond donors (Lipinski definition) is 3. The van der Waals surface area contributed by atoms with Gasteiger partial charge in [-0.25, -0.2) is 0 Å². The van der Waals surface area contributed by atoms with Gasteiger partial charge in [0.25, 0.3) is 0 Å². The van der Waals surface area contributed by atoms with Crippen LogP contribution >= 0.6 is 45.2 Å². The number of nitrogens with two attached hydrogens (primary N) is 1. The molecule has 22 heavy (non-hydrogen) atoms. The van der Waals surface area contributed by atoms with Crippen LogP contribution in [0.2, 0.25) is 0 Å². The number of phenolic OH excluding ortho intramolecular Hbond substituents is 1. The van der Waals surface area contributed by atoms with E-state index < -0.39 is 0 Å². The molecule has 2 aromatic rings. The molecule has 0 unspecified atom stereocenters. The number of rotatable bonds is 5.